The fourth-order valence-electron chi connectivity index (χ4n) is 1.09. The fourth-order valence-corrected chi connectivity index (χ4v) is 1.09. The Bertz CT molecular complexity index is 271. The minimum atomic E-state index is 0.0166. The molecular formula is C10H14O3. The Kier molecular flexibility index (Phi) is 3.58. The molecule has 3 nitrogen and oxygen atoms in total. The first kappa shape index (κ1) is 9.86. The van der Waals surface area contributed by atoms with Crippen LogP contribution in [0.5, 0.6) is 11.5 Å². The molecule has 1 aromatic rings. The standard InChI is InChI=1S/C10H14O3/c1-3-13-9-5-4-8(7-11)6-10(9)12-2/h4-6,11H,3,7H2,1-2H3. The molecule has 72 valence electrons. The first-order chi connectivity index (χ1) is 6.31. The molecule has 0 aliphatic carbocycles. The SMILES string of the molecule is CCOc1ccc(CO)cc1OC. The molecule has 0 unspecified atom stereocenters. The van der Waals surface area contributed by atoms with E-state index in [1.165, 1.54) is 0 Å². The zero-order valence-electron chi connectivity index (χ0n) is 7.91. The van der Waals surface area contributed by atoms with E-state index in [0.29, 0.717) is 18.1 Å². The van der Waals surface area contributed by atoms with Crippen LogP contribution in [0.1, 0.15) is 12.5 Å². The molecule has 1 N–H and O–H groups in total. The van der Waals surface area contributed by atoms with E-state index < -0.39 is 0 Å². The van der Waals surface area contributed by atoms with Gasteiger partial charge in [-0.1, -0.05) is 6.07 Å². The summed E-state index contributed by atoms with van der Waals surface area (Å²) in [5.41, 5.74) is 0.820. The van der Waals surface area contributed by atoms with Crippen LogP contribution in [0.4, 0.5) is 0 Å². The number of ether oxygens (including phenoxy) is 2. The second-order valence-corrected chi connectivity index (χ2v) is 2.58. The summed E-state index contributed by atoms with van der Waals surface area (Å²) in [5.74, 6) is 1.37. The molecule has 1 rings (SSSR count). The number of rotatable bonds is 4. The maximum atomic E-state index is 8.88. The summed E-state index contributed by atoms with van der Waals surface area (Å²) in [6, 6.07) is 5.38. The molecule has 0 amide bonds. The van der Waals surface area contributed by atoms with Gasteiger partial charge in [0.2, 0.25) is 0 Å². The monoisotopic (exact) mass is 182 g/mol. The number of hydrogen-bond donors (Lipinski definition) is 1. The molecule has 0 spiro atoms. The van der Waals surface area contributed by atoms with Crippen LogP contribution in [0.15, 0.2) is 18.2 Å². The van der Waals surface area contributed by atoms with Crippen LogP contribution < -0.4 is 9.47 Å². The number of aliphatic hydroxyl groups is 1. The highest BCUT2D eigenvalue weighted by molar-refractivity contribution is 5.42. The van der Waals surface area contributed by atoms with Crippen LogP contribution >= 0.6 is 0 Å². The topological polar surface area (TPSA) is 38.7 Å². The summed E-state index contributed by atoms with van der Waals surface area (Å²) >= 11 is 0. The Hall–Kier alpha value is -1.22. The minimum absolute atomic E-state index is 0.0166. The predicted molar refractivity (Wildman–Crippen MR) is 50.1 cm³/mol. The molecule has 0 aliphatic heterocycles. The molecule has 0 saturated carbocycles. The van der Waals surface area contributed by atoms with Crippen molar-refractivity contribution in [3.8, 4) is 11.5 Å². The number of benzene rings is 1. The van der Waals surface area contributed by atoms with Gasteiger partial charge in [0.15, 0.2) is 11.5 Å². The number of methoxy groups -OCH3 is 1. The fraction of sp³-hybridized carbons (Fsp3) is 0.400. The number of hydrogen-bond acceptors (Lipinski definition) is 3. The van der Waals surface area contributed by atoms with E-state index in [-0.39, 0.29) is 6.61 Å². The molecule has 0 heterocycles. The molecular weight excluding hydrogens is 168 g/mol. The van der Waals surface area contributed by atoms with Gasteiger partial charge in [-0.25, -0.2) is 0 Å². The lowest BCUT2D eigenvalue weighted by atomic mass is 10.2. The molecule has 0 aliphatic rings. The van der Waals surface area contributed by atoms with Crippen LogP contribution in [0.25, 0.3) is 0 Å². The van der Waals surface area contributed by atoms with Crippen molar-refractivity contribution in [1.29, 1.82) is 0 Å². The lowest BCUT2D eigenvalue weighted by Gasteiger charge is -2.09. The molecule has 13 heavy (non-hydrogen) atoms. The summed E-state index contributed by atoms with van der Waals surface area (Å²) in [4.78, 5) is 0. The van der Waals surface area contributed by atoms with Crippen molar-refractivity contribution >= 4 is 0 Å². The zero-order valence-corrected chi connectivity index (χ0v) is 7.91. The molecule has 1 aromatic carbocycles. The van der Waals surface area contributed by atoms with Gasteiger partial charge in [0.05, 0.1) is 20.3 Å². The van der Waals surface area contributed by atoms with Gasteiger partial charge in [0.25, 0.3) is 0 Å². The third-order valence-electron chi connectivity index (χ3n) is 1.71. The van der Waals surface area contributed by atoms with E-state index in [0.717, 1.165) is 5.56 Å². The van der Waals surface area contributed by atoms with E-state index >= 15 is 0 Å². The van der Waals surface area contributed by atoms with Gasteiger partial charge in [-0.05, 0) is 24.6 Å². The average Bonchev–Trinajstić information content (AvgIpc) is 2.19. The molecule has 0 fully saturated rings. The van der Waals surface area contributed by atoms with Crippen molar-refractivity contribution in [1.82, 2.24) is 0 Å². The van der Waals surface area contributed by atoms with Crippen LogP contribution in [0, 0.1) is 0 Å². The second-order valence-electron chi connectivity index (χ2n) is 2.58. The van der Waals surface area contributed by atoms with Crippen molar-refractivity contribution < 1.29 is 14.6 Å². The van der Waals surface area contributed by atoms with E-state index in [9.17, 15) is 0 Å². The molecule has 0 aromatic heterocycles. The minimum Gasteiger partial charge on any atom is -0.493 e. The smallest absolute Gasteiger partial charge is 0.161 e. The summed E-state index contributed by atoms with van der Waals surface area (Å²) in [6.45, 7) is 2.54. The summed E-state index contributed by atoms with van der Waals surface area (Å²) in [7, 11) is 1.58. The first-order valence-electron chi connectivity index (χ1n) is 4.22. The quantitative estimate of drug-likeness (QED) is 0.768. The lowest BCUT2D eigenvalue weighted by molar-refractivity contribution is 0.279. The Morgan fingerprint density at radius 2 is 2.08 bits per heavy atom. The third kappa shape index (κ3) is 2.36. The predicted octanol–water partition coefficient (Wildman–Crippen LogP) is 1.59. The maximum Gasteiger partial charge on any atom is 0.161 e. The summed E-state index contributed by atoms with van der Waals surface area (Å²) in [6.07, 6.45) is 0. The van der Waals surface area contributed by atoms with Gasteiger partial charge in [-0.15, -0.1) is 0 Å². The Morgan fingerprint density at radius 1 is 1.31 bits per heavy atom. The Labute approximate surface area is 77.9 Å². The normalized spacial score (nSPS) is 9.77. The van der Waals surface area contributed by atoms with E-state index in [1.807, 2.05) is 13.0 Å². The Morgan fingerprint density at radius 3 is 2.62 bits per heavy atom. The first-order valence-corrected chi connectivity index (χ1v) is 4.22. The molecule has 0 radical (unpaired) electrons. The van der Waals surface area contributed by atoms with Crippen molar-refractivity contribution in [2.45, 2.75) is 13.5 Å². The van der Waals surface area contributed by atoms with Gasteiger partial charge in [-0.3, -0.25) is 0 Å². The Balaban J connectivity index is 2.93. The van der Waals surface area contributed by atoms with Crippen LogP contribution in [0.2, 0.25) is 0 Å². The summed E-state index contributed by atoms with van der Waals surface area (Å²) < 4.78 is 10.4. The molecule has 0 saturated heterocycles. The molecule has 3 heteroatoms. The van der Waals surface area contributed by atoms with Crippen molar-refractivity contribution in [2.24, 2.45) is 0 Å². The highest BCUT2D eigenvalue weighted by Crippen LogP contribution is 2.27. The van der Waals surface area contributed by atoms with E-state index in [4.69, 9.17) is 14.6 Å². The molecule has 0 atom stereocenters. The lowest BCUT2D eigenvalue weighted by Crippen LogP contribution is -1.96. The van der Waals surface area contributed by atoms with E-state index in [1.54, 1.807) is 19.2 Å². The second kappa shape index (κ2) is 4.72. The van der Waals surface area contributed by atoms with Crippen LogP contribution in [-0.4, -0.2) is 18.8 Å². The van der Waals surface area contributed by atoms with Crippen LogP contribution in [-0.2, 0) is 6.61 Å². The van der Waals surface area contributed by atoms with Crippen LogP contribution in [0.3, 0.4) is 0 Å². The van der Waals surface area contributed by atoms with Gasteiger partial charge >= 0.3 is 0 Å². The van der Waals surface area contributed by atoms with Crippen molar-refractivity contribution in [3.05, 3.63) is 23.8 Å². The summed E-state index contributed by atoms with van der Waals surface area (Å²) in [5, 5.41) is 8.88. The van der Waals surface area contributed by atoms with Gasteiger partial charge in [0, 0.05) is 0 Å². The highest BCUT2D eigenvalue weighted by atomic mass is 16.5. The number of aliphatic hydroxyl groups excluding tert-OH is 1. The van der Waals surface area contributed by atoms with Crippen molar-refractivity contribution in [3.63, 3.8) is 0 Å². The average molecular weight is 182 g/mol. The largest absolute Gasteiger partial charge is 0.493 e. The molecule has 0 bridgehead atoms. The highest BCUT2D eigenvalue weighted by Gasteiger charge is 2.03. The van der Waals surface area contributed by atoms with E-state index in [2.05, 4.69) is 0 Å². The maximum absolute atomic E-state index is 8.88. The van der Waals surface area contributed by atoms with Gasteiger partial charge in [0.1, 0.15) is 0 Å². The van der Waals surface area contributed by atoms with Gasteiger partial charge in [-0.2, -0.15) is 0 Å². The third-order valence-corrected chi connectivity index (χ3v) is 1.71. The van der Waals surface area contributed by atoms with Gasteiger partial charge < -0.3 is 14.6 Å². The van der Waals surface area contributed by atoms with Crippen molar-refractivity contribution in [2.75, 3.05) is 13.7 Å². The zero-order chi connectivity index (χ0) is 9.68.